The predicted molar refractivity (Wildman–Crippen MR) is 101 cm³/mol. The largest absolute Gasteiger partial charge is 0.370 e. The molecule has 27 heavy (non-hydrogen) atoms. The molecule has 2 bridgehead atoms. The summed E-state index contributed by atoms with van der Waals surface area (Å²) in [6.45, 7) is 2.15. The van der Waals surface area contributed by atoms with E-state index in [4.69, 9.17) is 17.3 Å². The standard InChI is InChI=1S/C18H21ClN6O2/c1-11-6-13-9-18(8-11,10-16(20)26)24(13)17(27)23-12-2-3-14(19)15(7-12)25-21-4-5-22-25/h2-5,7,11,13H,6,8-10H2,1H3,(H2,20,26)(H,23,27). The van der Waals surface area contributed by atoms with Gasteiger partial charge in [-0.2, -0.15) is 15.0 Å². The van der Waals surface area contributed by atoms with Crippen LogP contribution in [-0.4, -0.2) is 43.4 Å². The minimum atomic E-state index is -0.461. The Morgan fingerprint density at radius 3 is 2.78 bits per heavy atom. The minimum Gasteiger partial charge on any atom is -0.370 e. The van der Waals surface area contributed by atoms with Gasteiger partial charge in [0, 0.05) is 18.2 Å². The van der Waals surface area contributed by atoms with Crippen molar-refractivity contribution in [3.63, 3.8) is 0 Å². The molecule has 3 fully saturated rings. The number of anilines is 1. The van der Waals surface area contributed by atoms with Gasteiger partial charge >= 0.3 is 6.03 Å². The van der Waals surface area contributed by atoms with Crippen molar-refractivity contribution in [1.29, 1.82) is 0 Å². The minimum absolute atomic E-state index is 0.146. The number of hydrogen-bond donors (Lipinski definition) is 2. The molecule has 1 aliphatic carbocycles. The number of hydrogen-bond acceptors (Lipinski definition) is 4. The molecule has 3 aliphatic rings. The first-order valence-corrected chi connectivity index (χ1v) is 9.31. The summed E-state index contributed by atoms with van der Waals surface area (Å²) in [5.41, 5.74) is 6.15. The molecule has 3 N–H and O–H groups in total. The Morgan fingerprint density at radius 2 is 2.07 bits per heavy atom. The van der Waals surface area contributed by atoms with Crippen LogP contribution in [0.5, 0.6) is 0 Å². The van der Waals surface area contributed by atoms with Crippen molar-refractivity contribution >= 4 is 29.2 Å². The van der Waals surface area contributed by atoms with E-state index in [1.807, 2.05) is 0 Å². The Balaban J connectivity index is 1.56. The predicted octanol–water partition coefficient (Wildman–Crippen LogP) is 2.57. The summed E-state index contributed by atoms with van der Waals surface area (Å²) in [7, 11) is 0. The van der Waals surface area contributed by atoms with Crippen LogP contribution in [0.1, 0.15) is 32.6 Å². The van der Waals surface area contributed by atoms with E-state index in [0.717, 1.165) is 19.3 Å². The van der Waals surface area contributed by atoms with E-state index in [1.54, 1.807) is 35.5 Å². The average Bonchev–Trinajstić information content (AvgIpc) is 3.09. The Hall–Kier alpha value is -2.61. The summed E-state index contributed by atoms with van der Waals surface area (Å²) >= 11 is 6.22. The smallest absolute Gasteiger partial charge is 0.322 e. The van der Waals surface area contributed by atoms with E-state index < -0.39 is 5.54 Å². The lowest BCUT2D eigenvalue weighted by Crippen LogP contribution is -2.73. The lowest BCUT2D eigenvalue weighted by Gasteiger charge is -2.63. The third kappa shape index (κ3) is 3.14. The van der Waals surface area contributed by atoms with E-state index in [0.29, 0.717) is 22.3 Å². The zero-order chi connectivity index (χ0) is 19.2. The van der Waals surface area contributed by atoms with Gasteiger partial charge < -0.3 is 16.0 Å². The van der Waals surface area contributed by atoms with Crippen molar-refractivity contribution in [2.75, 3.05) is 5.32 Å². The average molecular weight is 389 g/mol. The Morgan fingerprint density at radius 1 is 1.33 bits per heavy atom. The summed E-state index contributed by atoms with van der Waals surface area (Å²) in [4.78, 5) is 27.8. The Kier molecular flexibility index (Phi) is 4.30. The molecule has 0 radical (unpaired) electrons. The third-order valence-corrected chi connectivity index (χ3v) is 5.77. The second-order valence-corrected chi connectivity index (χ2v) is 7.96. The van der Waals surface area contributed by atoms with Gasteiger partial charge in [-0.05, 0) is 43.4 Å². The van der Waals surface area contributed by atoms with Crippen molar-refractivity contribution in [2.45, 2.75) is 44.2 Å². The van der Waals surface area contributed by atoms with Gasteiger partial charge in [-0.15, -0.1) is 0 Å². The first-order chi connectivity index (χ1) is 12.9. The monoisotopic (exact) mass is 388 g/mol. The molecule has 1 aromatic carbocycles. The van der Waals surface area contributed by atoms with Crippen LogP contribution < -0.4 is 11.1 Å². The number of benzene rings is 1. The van der Waals surface area contributed by atoms with Crippen LogP contribution in [-0.2, 0) is 4.79 Å². The molecule has 0 spiro atoms. The maximum absolute atomic E-state index is 13.0. The van der Waals surface area contributed by atoms with E-state index >= 15 is 0 Å². The zero-order valence-corrected chi connectivity index (χ0v) is 15.7. The second-order valence-electron chi connectivity index (χ2n) is 7.56. The molecule has 3 amide bonds. The molecular formula is C18H21ClN6O2. The summed E-state index contributed by atoms with van der Waals surface area (Å²) in [6, 6.07) is 5.06. The van der Waals surface area contributed by atoms with Crippen LogP contribution in [0.4, 0.5) is 10.5 Å². The molecule has 2 aromatic rings. The Labute approximate surface area is 161 Å². The van der Waals surface area contributed by atoms with E-state index in [1.165, 1.54) is 4.80 Å². The SMILES string of the molecule is CC1CC2CC(CC(N)=O)(C1)N2C(=O)Nc1ccc(Cl)c(-n2nccn2)c1. The van der Waals surface area contributed by atoms with Gasteiger partial charge in [-0.3, -0.25) is 4.79 Å². The van der Waals surface area contributed by atoms with Crippen LogP contribution in [0.3, 0.4) is 0 Å². The number of nitrogens with one attached hydrogen (secondary N) is 1. The number of aromatic nitrogens is 3. The van der Waals surface area contributed by atoms with E-state index in [9.17, 15) is 9.59 Å². The summed E-state index contributed by atoms with van der Waals surface area (Å²) in [6.07, 6.45) is 5.87. The van der Waals surface area contributed by atoms with Crippen molar-refractivity contribution in [3.05, 3.63) is 35.6 Å². The highest BCUT2D eigenvalue weighted by Crippen LogP contribution is 2.51. The first kappa shape index (κ1) is 17.8. The molecule has 1 aromatic heterocycles. The number of carbonyl (C=O) groups is 2. The summed E-state index contributed by atoms with van der Waals surface area (Å²) in [5.74, 6) is 0.0964. The number of rotatable bonds is 4. The highest BCUT2D eigenvalue weighted by molar-refractivity contribution is 6.32. The summed E-state index contributed by atoms with van der Waals surface area (Å²) in [5, 5.41) is 11.5. The topological polar surface area (TPSA) is 106 Å². The maximum atomic E-state index is 13.0. The molecule has 142 valence electrons. The quantitative estimate of drug-likeness (QED) is 0.839. The summed E-state index contributed by atoms with van der Waals surface area (Å²) < 4.78 is 0. The second kappa shape index (κ2) is 6.53. The van der Waals surface area contributed by atoms with Gasteiger partial charge in [0.1, 0.15) is 5.69 Å². The van der Waals surface area contributed by atoms with Crippen LogP contribution in [0.25, 0.3) is 5.69 Å². The number of carbonyl (C=O) groups excluding carboxylic acids is 2. The number of piperidine rings is 1. The van der Waals surface area contributed by atoms with Crippen molar-refractivity contribution in [3.8, 4) is 5.69 Å². The fraction of sp³-hybridized carbons (Fsp3) is 0.444. The first-order valence-electron chi connectivity index (χ1n) is 8.93. The molecule has 3 atom stereocenters. The number of urea groups is 1. The lowest BCUT2D eigenvalue weighted by atomic mass is 9.63. The molecule has 3 unspecified atom stereocenters. The molecule has 3 heterocycles. The fourth-order valence-corrected chi connectivity index (χ4v) is 4.87. The lowest BCUT2D eigenvalue weighted by molar-refractivity contribution is -0.132. The van der Waals surface area contributed by atoms with Crippen LogP contribution in [0.15, 0.2) is 30.6 Å². The highest BCUT2D eigenvalue weighted by atomic mass is 35.5. The van der Waals surface area contributed by atoms with Crippen molar-refractivity contribution in [1.82, 2.24) is 19.9 Å². The highest BCUT2D eigenvalue weighted by Gasteiger charge is 2.58. The van der Waals surface area contributed by atoms with Crippen molar-refractivity contribution in [2.24, 2.45) is 11.7 Å². The maximum Gasteiger partial charge on any atom is 0.322 e. The molecular weight excluding hydrogens is 368 g/mol. The molecule has 5 rings (SSSR count). The number of fused-ring (bicyclic) bond motifs is 2. The van der Waals surface area contributed by atoms with Gasteiger partial charge in [-0.1, -0.05) is 18.5 Å². The van der Waals surface area contributed by atoms with Gasteiger partial charge in [0.25, 0.3) is 0 Å². The van der Waals surface area contributed by atoms with Gasteiger partial charge in [-0.25, -0.2) is 4.79 Å². The van der Waals surface area contributed by atoms with Gasteiger partial charge in [0.15, 0.2) is 0 Å². The number of amides is 3. The molecule has 9 heteroatoms. The molecule has 1 saturated carbocycles. The number of halogens is 1. The normalized spacial score (nSPS) is 26.4. The van der Waals surface area contributed by atoms with Gasteiger partial charge in [0.05, 0.1) is 23.0 Å². The molecule has 8 nitrogen and oxygen atoms in total. The fourth-order valence-electron chi connectivity index (χ4n) is 4.67. The van der Waals surface area contributed by atoms with Crippen LogP contribution >= 0.6 is 11.6 Å². The molecule has 2 aliphatic heterocycles. The van der Waals surface area contributed by atoms with Crippen molar-refractivity contribution < 1.29 is 9.59 Å². The number of nitrogens with two attached hydrogens (primary N) is 1. The Bertz CT molecular complexity index is 886. The van der Waals surface area contributed by atoms with E-state index in [2.05, 4.69) is 22.4 Å². The third-order valence-electron chi connectivity index (χ3n) is 5.45. The van der Waals surface area contributed by atoms with Gasteiger partial charge in [0.2, 0.25) is 5.91 Å². The van der Waals surface area contributed by atoms with E-state index in [-0.39, 0.29) is 24.4 Å². The number of primary amides is 1. The number of nitrogens with zero attached hydrogens (tertiary/aromatic N) is 4. The van der Waals surface area contributed by atoms with Crippen LogP contribution in [0.2, 0.25) is 5.02 Å². The molecule has 2 saturated heterocycles. The van der Waals surface area contributed by atoms with Crippen LogP contribution in [0, 0.1) is 5.92 Å². The zero-order valence-electron chi connectivity index (χ0n) is 14.9.